The number of benzene rings is 2. The lowest BCUT2D eigenvalue weighted by Gasteiger charge is -2.06. The van der Waals surface area contributed by atoms with Gasteiger partial charge in [0.2, 0.25) is 0 Å². The summed E-state index contributed by atoms with van der Waals surface area (Å²) in [4.78, 5) is 9.22. The van der Waals surface area contributed by atoms with E-state index in [0.29, 0.717) is 5.92 Å². The first-order valence-corrected chi connectivity index (χ1v) is 7.62. The smallest absolute Gasteiger partial charge is 0.133 e. The third-order valence-corrected chi connectivity index (χ3v) is 4.11. The fraction of sp³-hybridized carbons (Fsp3) is 0.176. The third-order valence-electron chi connectivity index (χ3n) is 3.70. The van der Waals surface area contributed by atoms with E-state index < -0.39 is 0 Å². The molecule has 2 aromatic carbocycles. The molecule has 0 spiro atoms. The summed E-state index contributed by atoms with van der Waals surface area (Å²) in [6, 6.07) is 16.9. The van der Waals surface area contributed by atoms with Crippen molar-refractivity contribution >= 4 is 26.7 Å². The molecule has 3 aromatic rings. The lowest BCUT2D eigenvalue weighted by atomic mass is 10.0. The van der Waals surface area contributed by atoms with Gasteiger partial charge in [0.15, 0.2) is 0 Å². The minimum Gasteiger partial charge on any atom is -0.233 e. The van der Waals surface area contributed by atoms with E-state index in [1.54, 1.807) is 0 Å². The van der Waals surface area contributed by atoms with E-state index in [1.165, 1.54) is 23.6 Å². The number of hydrogen-bond acceptors (Lipinski definition) is 2. The summed E-state index contributed by atoms with van der Waals surface area (Å²) in [6.45, 7) is 0. The Morgan fingerprint density at radius 1 is 0.900 bits per heavy atom. The zero-order valence-corrected chi connectivity index (χ0v) is 12.5. The van der Waals surface area contributed by atoms with Crippen LogP contribution in [-0.4, -0.2) is 9.97 Å². The summed E-state index contributed by atoms with van der Waals surface area (Å²) >= 11 is 3.50. The Bertz CT molecular complexity index is 794. The standard InChI is InChI=1S/C17H13BrN2/c18-16-10-15(19-17(20-16)12-6-7-12)14-8-5-11-3-1-2-4-13(11)9-14/h1-5,8-10,12H,6-7H2. The van der Waals surface area contributed by atoms with Crippen LogP contribution in [0.2, 0.25) is 0 Å². The van der Waals surface area contributed by atoms with Crippen molar-refractivity contribution in [2.24, 2.45) is 0 Å². The summed E-state index contributed by atoms with van der Waals surface area (Å²) in [5, 5.41) is 2.50. The second-order valence-corrected chi connectivity index (χ2v) is 6.08. The number of aromatic nitrogens is 2. The Morgan fingerprint density at radius 3 is 2.50 bits per heavy atom. The van der Waals surface area contributed by atoms with Crippen molar-refractivity contribution in [2.45, 2.75) is 18.8 Å². The molecule has 3 heteroatoms. The van der Waals surface area contributed by atoms with Gasteiger partial charge < -0.3 is 0 Å². The fourth-order valence-corrected chi connectivity index (χ4v) is 2.85. The summed E-state index contributed by atoms with van der Waals surface area (Å²) < 4.78 is 0.873. The summed E-state index contributed by atoms with van der Waals surface area (Å²) in [7, 11) is 0. The van der Waals surface area contributed by atoms with E-state index in [2.05, 4.69) is 63.4 Å². The highest BCUT2D eigenvalue weighted by Gasteiger charge is 2.27. The Hall–Kier alpha value is -1.74. The zero-order chi connectivity index (χ0) is 13.5. The molecule has 4 rings (SSSR count). The third kappa shape index (κ3) is 2.22. The lowest BCUT2D eigenvalue weighted by Crippen LogP contribution is -1.95. The van der Waals surface area contributed by atoms with Crippen LogP contribution in [0.5, 0.6) is 0 Å². The molecular weight excluding hydrogens is 312 g/mol. The number of rotatable bonds is 2. The largest absolute Gasteiger partial charge is 0.233 e. The SMILES string of the molecule is Brc1cc(-c2ccc3ccccc3c2)nc(C2CC2)n1. The van der Waals surface area contributed by atoms with Crippen molar-refractivity contribution in [1.82, 2.24) is 9.97 Å². The van der Waals surface area contributed by atoms with Crippen LogP contribution in [0.25, 0.3) is 22.0 Å². The molecule has 0 unspecified atom stereocenters. The van der Waals surface area contributed by atoms with Gasteiger partial charge in [0.05, 0.1) is 5.69 Å². The molecule has 1 heterocycles. The molecule has 1 aliphatic carbocycles. The molecule has 0 N–H and O–H groups in total. The molecule has 0 saturated heterocycles. The van der Waals surface area contributed by atoms with E-state index in [-0.39, 0.29) is 0 Å². The topological polar surface area (TPSA) is 25.8 Å². The lowest BCUT2D eigenvalue weighted by molar-refractivity contribution is 0.919. The number of nitrogens with zero attached hydrogens (tertiary/aromatic N) is 2. The summed E-state index contributed by atoms with van der Waals surface area (Å²) in [6.07, 6.45) is 2.43. The van der Waals surface area contributed by atoms with Crippen molar-refractivity contribution in [3.05, 3.63) is 59.0 Å². The molecule has 0 bridgehead atoms. The monoisotopic (exact) mass is 324 g/mol. The van der Waals surface area contributed by atoms with Crippen molar-refractivity contribution in [3.63, 3.8) is 0 Å². The summed E-state index contributed by atoms with van der Waals surface area (Å²) in [5.41, 5.74) is 2.15. The molecule has 0 radical (unpaired) electrons. The first-order valence-electron chi connectivity index (χ1n) is 6.83. The van der Waals surface area contributed by atoms with Gasteiger partial charge in [-0.3, -0.25) is 0 Å². The molecule has 2 nitrogen and oxygen atoms in total. The van der Waals surface area contributed by atoms with Gasteiger partial charge in [0.25, 0.3) is 0 Å². The number of fused-ring (bicyclic) bond motifs is 1. The first kappa shape index (κ1) is 12.0. The molecule has 0 aliphatic heterocycles. The van der Waals surface area contributed by atoms with Gasteiger partial charge in [-0.05, 0) is 51.7 Å². The maximum atomic E-state index is 4.73. The quantitative estimate of drug-likeness (QED) is 0.624. The predicted octanol–water partition coefficient (Wildman–Crippen LogP) is 4.94. The van der Waals surface area contributed by atoms with Crippen molar-refractivity contribution in [3.8, 4) is 11.3 Å². The van der Waals surface area contributed by atoms with Gasteiger partial charge in [0.1, 0.15) is 10.4 Å². The number of hydrogen-bond donors (Lipinski definition) is 0. The van der Waals surface area contributed by atoms with Crippen LogP contribution in [-0.2, 0) is 0 Å². The zero-order valence-electron chi connectivity index (χ0n) is 10.9. The van der Waals surface area contributed by atoms with Gasteiger partial charge in [-0.25, -0.2) is 9.97 Å². The highest BCUT2D eigenvalue weighted by atomic mass is 79.9. The minimum absolute atomic E-state index is 0.562. The predicted molar refractivity (Wildman–Crippen MR) is 84.6 cm³/mol. The van der Waals surface area contributed by atoms with E-state index in [1.807, 2.05) is 6.07 Å². The van der Waals surface area contributed by atoms with Crippen LogP contribution in [0.15, 0.2) is 53.1 Å². The van der Waals surface area contributed by atoms with Crippen LogP contribution in [0, 0.1) is 0 Å². The minimum atomic E-state index is 0.562. The Labute approximate surface area is 126 Å². The molecule has 1 fully saturated rings. The van der Waals surface area contributed by atoms with Crippen LogP contribution >= 0.6 is 15.9 Å². The Balaban J connectivity index is 1.85. The van der Waals surface area contributed by atoms with Crippen LogP contribution in [0.3, 0.4) is 0 Å². The van der Waals surface area contributed by atoms with E-state index >= 15 is 0 Å². The van der Waals surface area contributed by atoms with Crippen LogP contribution in [0.1, 0.15) is 24.6 Å². The van der Waals surface area contributed by atoms with Gasteiger partial charge in [0, 0.05) is 11.5 Å². The molecule has 0 atom stereocenters. The van der Waals surface area contributed by atoms with Crippen molar-refractivity contribution < 1.29 is 0 Å². The van der Waals surface area contributed by atoms with Crippen LogP contribution < -0.4 is 0 Å². The second kappa shape index (κ2) is 4.67. The Morgan fingerprint density at radius 2 is 1.70 bits per heavy atom. The van der Waals surface area contributed by atoms with Gasteiger partial charge >= 0.3 is 0 Å². The van der Waals surface area contributed by atoms with Crippen molar-refractivity contribution in [2.75, 3.05) is 0 Å². The average molecular weight is 325 g/mol. The number of halogens is 1. The molecule has 1 aromatic heterocycles. The molecule has 0 amide bonds. The maximum absolute atomic E-state index is 4.73. The molecular formula is C17H13BrN2. The highest BCUT2D eigenvalue weighted by Crippen LogP contribution is 2.39. The first-order chi connectivity index (χ1) is 9.79. The molecule has 1 saturated carbocycles. The van der Waals surface area contributed by atoms with Gasteiger partial charge in [-0.2, -0.15) is 0 Å². The van der Waals surface area contributed by atoms with E-state index in [0.717, 1.165) is 21.7 Å². The summed E-state index contributed by atoms with van der Waals surface area (Å²) in [5.74, 6) is 1.54. The Kier molecular flexibility index (Phi) is 2.81. The average Bonchev–Trinajstić information content (AvgIpc) is 3.31. The van der Waals surface area contributed by atoms with E-state index in [4.69, 9.17) is 4.98 Å². The maximum Gasteiger partial charge on any atom is 0.133 e. The van der Waals surface area contributed by atoms with Gasteiger partial charge in [-0.1, -0.05) is 36.4 Å². The highest BCUT2D eigenvalue weighted by molar-refractivity contribution is 9.10. The van der Waals surface area contributed by atoms with Crippen LogP contribution in [0.4, 0.5) is 0 Å². The normalized spacial score (nSPS) is 14.7. The second-order valence-electron chi connectivity index (χ2n) is 5.27. The molecule has 98 valence electrons. The fourth-order valence-electron chi connectivity index (χ4n) is 2.46. The van der Waals surface area contributed by atoms with Gasteiger partial charge in [-0.15, -0.1) is 0 Å². The molecule has 1 aliphatic rings. The molecule has 20 heavy (non-hydrogen) atoms. The van der Waals surface area contributed by atoms with E-state index in [9.17, 15) is 0 Å². The van der Waals surface area contributed by atoms with Crippen molar-refractivity contribution in [1.29, 1.82) is 0 Å².